The van der Waals surface area contributed by atoms with Gasteiger partial charge in [-0.15, -0.1) is 0 Å². The fraction of sp³-hybridized carbons (Fsp3) is 0.200. The molecule has 0 saturated carbocycles. The molecule has 0 amide bonds. The van der Waals surface area contributed by atoms with E-state index >= 15 is 0 Å². The minimum absolute atomic E-state index is 0.113. The number of nitrogen functional groups attached to an aromatic ring is 1. The molecule has 0 spiro atoms. The van der Waals surface area contributed by atoms with Crippen molar-refractivity contribution in [2.75, 3.05) is 17.6 Å². The summed E-state index contributed by atoms with van der Waals surface area (Å²) >= 11 is 0. The Kier molecular flexibility index (Phi) is 4.50. The van der Waals surface area contributed by atoms with Gasteiger partial charge in [0.1, 0.15) is 4.90 Å². The quantitative estimate of drug-likeness (QED) is 0.832. The van der Waals surface area contributed by atoms with Gasteiger partial charge in [0.15, 0.2) is 0 Å². The summed E-state index contributed by atoms with van der Waals surface area (Å²) in [6.45, 7) is 2.13. The van der Waals surface area contributed by atoms with Crippen LogP contribution >= 0.6 is 0 Å². The summed E-state index contributed by atoms with van der Waals surface area (Å²) in [4.78, 5) is 0.113. The Morgan fingerprint density at radius 3 is 2.57 bits per heavy atom. The predicted octanol–water partition coefficient (Wildman–Crippen LogP) is 2.52. The maximum Gasteiger partial charge on any atom is 0.264 e. The van der Waals surface area contributed by atoms with Crippen LogP contribution in [0.2, 0.25) is 0 Å². The lowest BCUT2D eigenvalue weighted by Crippen LogP contribution is -2.16. The minimum atomic E-state index is -3.72. The van der Waals surface area contributed by atoms with Crippen molar-refractivity contribution < 1.29 is 13.2 Å². The number of sulfonamides is 1. The Labute approximate surface area is 124 Å². The smallest absolute Gasteiger partial charge is 0.264 e. The van der Waals surface area contributed by atoms with Gasteiger partial charge in [-0.1, -0.05) is 24.3 Å². The summed E-state index contributed by atoms with van der Waals surface area (Å²) in [7, 11) is -2.13. The summed E-state index contributed by atoms with van der Waals surface area (Å²) in [5.74, 6) is 0. The standard InChI is InChI=1S/C15H18N2O3S/c1-11-5-3-8-14(16)15(11)21(18,19)17-13-7-4-6-12(9-13)10-20-2/h3-9,17H,10,16H2,1-2H3. The van der Waals surface area contributed by atoms with Crippen LogP contribution in [0.4, 0.5) is 11.4 Å². The summed E-state index contributed by atoms with van der Waals surface area (Å²) in [5.41, 5.74) is 8.00. The van der Waals surface area contributed by atoms with Crippen LogP contribution in [0, 0.1) is 6.92 Å². The number of aryl methyl sites for hydroxylation is 1. The number of methoxy groups -OCH3 is 1. The third-order valence-electron chi connectivity index (χ3n) is 3.00. The zero-order valence-corrected chi connectivity index (χ0v) is 12.8. The van der Waals surface area contributed by atoms with Crippen molar-refractivity contribution in [1.82, 2.24) is 0 Å². The van der Waals surface area contributed by atoms with E-state index in [0.29, 0.717) is 17.9 Å². The van der Waals surface area contributed by atoms with E-state index in [1.165, 1.54) is 0 Å². The zero-order chi connectivity index (χ0) is 15.5. The highest BCUT2D eigenvalue weighted by Gasteiger charge is 2.20. The molecule has 0 aromatic heterocycles. The van der Waals surface area contributed by atoms with Crippen molar-refractivity contribution in [3.05, 3.63) is 53.6 Å². The maximum atomic E-state index is 12.5. The number of nitrogens with two attached hydrogens (primary N) is 1. The van der Waals surface area contributed by atoms with Crippen LogP contribution < -0.4 is 10.5 Å². The van der Waals surface area contributed by atoms with Gasteiger partial charge in [0.2, 0.25) is 0 Å². The van der Waals surface area contributed by atoms with Crippen LogP contribution in [0.3, 0.4) is 0 Å². The Bertz CT molecular complexity index is 722. The highest BCUT2D eigenvalue weighted by atomic mass is 32.2. The van der Waals surface area contributed by atoms with Gasteiger partial charge in [-0.25, -0.2) is 8.42 Å². The lowest BCUT2D eigenvalue weighted by atomic mass is 10.2. The third kappa shape index (κ3) is 3.53. The molecular formula is C15H18N2O3S. The highest BCUT2D eigenvalue weighted by Crippen LogP contribution is 2.25. The second-order valence-corrected chi connectivity index (χ2v) is 6.35. The van der Waals surface area contributed by atoms with Gasteiger partial charge in [0.25, 0.3) is 10.0 Å². The van der Waals surface area contributed by atoms with Crippen molar-refractivity contribution in [1.29, 1.82) is 0 Å². The van der Waals surface area contributed by atoms with Gasteiger partial charge in [-0.05, 0) is 36.2 Å². The van der Waals surface area contributed by atoms with Crippen molar-refractivity contribution >= 4 is 21.4 Å². The van der Waals surface area contributed by atoms with E-state index in [1.807, 2.05) is 6.07 Å². The Morgan fingerprint density at radius 1 is 1.19 bits per heavy atom. The molecule has 5 nitrogen and oxygen atoms in total. The van der Waals surface area contributed by atoms with E-state index in [2.05, 4.69) is 4.72 Å². The molecule has 0 saturated heterocycles. The van der Waals surface area contributed by atoms with E-state index in [-0.39, 0.29) is 10.6 Å². The molecule has 2 rings (SSSR count). The predicted molar refractivity (Wildman–Crippen MR) is 83.6 cm³/mol. The molecule has 3 N–H and O–H groups in total. The fourth-order valence-electron chi connectivity index (χ4n) is 2.14. The second kappa shape index (κ2) is 6.15. The van der Waals surface area contributed by atoms with Crippen molar-refractivity contribution in [2.24, 2.45) is 0 Å². The average molecular weight is 306 g/mol. The fourth-order valence-corrected chi connectivity index (χ4v) is 3.55. The van der Waals surface area contributed by atoms with Gasteiger partial charge in [-0.2, -0.15) is 0 Å². The van der Waals surface area contributed by atoms with Crippen LogP contribution in [0.5, 0.6) is 0 Å². The van der Waals surface area contributed by atoms with E-state index in [9.17, 15) is 8.42 Å². The summed E-state index contributed by atoms with van der Waals surface area (Å²) in [5, 5.41) is 0. The van der Waals surface area contributed by atoms with E-state index in [1.54, 1.807) is 50.4 Å². The molecule has 0 heterocycles. The van der Waals surface area contributed by atoms with Gasteiger partial charge in [0, 0.05) is 12.8 Å². The van der Waals surface area contributed by atoms with Gasteiger partial charge in [0.05, 0.1) is 12.3 Å². The molecule has 2 aromatic rings. The number of anilines is 2. The maximum absolute atomic E-state index is 12.5. The molecule has 112 valence electrons. The zero-order valence-electron chi connectivity index (χ0n) is 12.0. The Morgan fingerprint density at radius 2 is 1.90 bits per heavy atom. The van der Waals surface area contributed by atoms with Gasteiger partial charge in [-0.3, -0.25) is 4.72 Å². The second-order valence-electron chi connectivity index (χ2n) is 4.73. The van der Waals surface area contributed by atoms with E-state index < -0.39 is 10.0 Å². The van der Waals surface area contributed by atoms with Crippen molar-refractivity contribution in [2.45, 2.75) is 18.4 Å². The highest BCUT2D eigenvalue weighted by molar-refractivity contribution is 7.93. The number of nitrogens with one attached hydrogen (secondary N) is 1. The summed E-state index contributed by atoms with van der Waals surface area (Å²) < 4.78 is 32.6. The average Bonchev–Trinajstić information content (AvgIpc) is 2.38. The summed E-state index contributed by atoms with van der Waals surface area (Å²) in [6.07, 6.45) is 0. The molecule has 0 unspecified atom stereocenters. The first kappa shape index (κ1) is 15.3. The van der Waals surface area contributed by atoms with Gasteiger partial charge >= 0.3 is 0 Å². The molecule has 2 aromatic carbocycles. The van der Waals surface area contributed by atoms with Gasteiger partial charge < -0.3 is 10.5 Å². The van der Waals surface area contributed by atoms with Crippen LogP contribution in [0.15, 0.2) is 47.4 Å². The molecule has 0 atom stereocenters. The topological polar surface area (TPSA) is 81.4 Å². The van der Waals surface area contributed by atoms with Crippen molar-refractivity contribution in [3.8, 4) is 0 Å². The van der Waals surface area contributed by atoms with Crippen LogP contribution in [0.25, 0.3) is 0 Å². The normalized spacial score (nSPS) is 11.3. The molecule has 0 aliphatic heterocycles. The number of benzene rings is 2. The SMILES string of the molecule is COCc1cccc(NS(=O)(=O)c2c(C)cccc2N)c1. The molecule has 21 heavy (non-hydrogen) atoms. The molecule has 0 radical (unpaired) electrons. The number of ether oxygens (including phenoxy) is 1. The first-order valence-corrected chi connectivity index (χ1v) is 7.88. The lowest BCUT2D eigenvalue weighted by Gasteiger charge is -2.13. The number of hydrogen-bond acceptors (Lipinski definition) is 4. The molecular weight excluding hydrogens is 288 g/mol. The monoisotopic (exact) mass is 306 g/mol. The van der Waals surface area contributed by atoms with Crippen LogP contribution in [-0.2, 0) is 21.4 Å². The van der Waals surface area contributed by atoms with E-state index in [4.69, 9.17) is 10.5 Å². The van der Waals surface area contributed by atoms with Crippen LogP contribution in [0.1, 0.15) is 11.1 Å². The molecule has 0 bridgehead atoms. The molecule has 6 heteroatoms. The first-order valence-electron chi connectivity index (χ1n) is 6.40. The van der Waals surface area contributed by atoms with Crippen molar-refractivity contribution in [3.63, 3.8) is 0 Å². The molecule has 0 aliphatic carbocycles. The molecule has 0 aliphatic rings. The third-order valence-corrected chi connectivity index (χ3v) is 4.60. The van der Waals surface area contributed by atoms with Crippen LogP contribution in [-0.4, -0.2) is 15.5 Å². The molecule has 0 fully saturated rings. The summed E-state index contributed by atoms with van der Waals surface area (Å²) in [6, 6.07) is 12.1. The number of rotatable bonds is 5. The first-order chi connectivity index (χ1) is 9.94. The minimum Gasteiger partial charge on any atom is -0.398 e. The Balaban J connectivity index is 2.36. The Hall–Kier alpha value is -2.05. The largest absolute Gasteiger partial charge is 0.398 e. The number of hydrogen-bond donors (Lipinski definition) is 2. The lowest BCUT2D eigenvalue weighted by molar-refractivity contribution is 0.185. The van der Waals surface area contributed by atoms with E-state index in [0.717, 1.165) is 5.56 Å².